The molecule has 184 valence electrons. The van der Waals surface area contributed by atoms with E-state index in [0.717, 1.165) is 0 Å². The van der Waals surface area contributed by atoms with Crippen molar-refractivity contribution in [3.63, 3.8) is 0 Å². The summed E-state index contributed by atoms with van der Waals surface area (Å²) in [6.07, 6.45) is 6.16. The van der Waals surface area contributed by atoms with Crippen LogP contribution < -0.4 is 19.1 Å². The SMILES string of the molecule is COC(=O)C1=C(C(=O)OC)N(c2ccc(S(=O)(=O)Nc3ccc(OC)cc3OC)cc2)C=CC=C1. The highest BCUT2D eigenvalue weighted by Gasteiger charge is 2.28. The second kappa shape index (κ2) is 10.8. The smallest absolute Gasteiger partial charge is 0.355 e. The summed E-state index contributed by atoms with van der Waals surface area (Å²) in [5.74, 6) is -0.705. The lowest BCUT2D eigenvalue weighted by atomic mass is 10.1. The van der Waals surface area contributed by atoms with E-state index in [-0.39, 0.29) is 27.6 Å². The van der Waals surface area contributed by atoms with Gasteiger partial charge in [-0.2, -0.15) is 0 Å². The molecule has 0 saturated carbocycles. The molecule has 1 aliphatic heterocycles. The van der Waals surface area contributed by atoms with Gasteiger partial charge in [0.1, 0.15) is 17.2 Å². The van der Waals surface area contributed by atoms with Gasteiger partial charge < -0.3 is 23.8 Å². The van der Waals surface area contributed by atoms with Gasteiger partial charge in [0, 0.05) is 18.0 Å². The van der Waals surface area contributed by atoms with Crippen molar-refractivity contribution in [2.75, 3.05) is 38.1 Å². The molecule has 11 heteroatoms. The van der Waals surface area contributed by atoms with E-state index < -0.39 is 22.0 Å². The zero-order chi connectivity index (χ0) is 25.6. The molecule has 35 heavy (non-hydrogen) atoms. The molecular weight excluding hydrogens is 476 g/mol. The van der Waals surface area contributed by atoms with Crippen LogP contribution in [0.2, 0.25) is 0 Å². The lowest BCUT2D eigenvalue weighted by Crippen LogP contribution is -2.27. The van der Waals surface area contributed by atoms with E-state index >= 15 is 0 Å². The van der Waals surface area contributed by atoms with E-state index in [4.69, 9.17) is 18.9 Å². The van der Waals surface area contributed by atoms with Crippen molar-refractivity contribution < 1.29 is 37.0 Å². The number of sulfonamides is 1. The van der Waals surface area contributed by atoms with Crippen molar-refractivity contribution in [1.82, 2.24) is 0 Å². The van der Waals surface area contributed by atoms with E-state index in [0.29, 0.717) is 11.4 Å². The zero-order valence-electron chi connectivity index (χ0n) is 19.5. The van der Waals surface area contributed by atoms with Crippen molar-refractivity contribution in [2.24, 2.45) is 0 Å². The average molecular weight is 501 g/mol. The number of ether oxygens (including phenoxy) is 4. The van der Waals surface area contributed by atoms with Crippen LogP contribution in [-0.2, 0) is 29.1 Å². The molecule has 0 aliphatic carbocycles. The molecule has 2 aromatic rings. The van der Waals surface area contributed by atoms with Gasteiger partial charge in [0.15, 0.2) is 0 Å². The number of anilines is 2. The summed E-state index contributed by atoms with van der Waals surface area (Å²) in [6, 6.07) is 10.4. The van der Waals surface area contributed by atoms with Crippen LogP contribution in [0.5, 0.6) is 11.5 Å². The lowest BCUT2D eigenvalue weighted by molar-refractivity contribution is -0.139. The topological polar surface area (TPSA) is 120 Å². The van der Waals surface area contributed by atoms with Crippen LogP contribution in [0, 0.1) is 0 Å². The van der Waals surface area contributed by atoms with Crippen molar-refractivity contribution in [1.29, 1.82) is 0 Å². The van der Waals surface area contributed by atoms with Crippen molar-refractivity contribution in [3.8, 4) is 11.5 Å². The number of hydrogen-bond acceptors (Lipinski definition) is 9. The first-order valence-electron chi connectivity index (χ1n) is 10.2. The van der Waals surface area contributed by atoms with Crippen molar-refractivity contribution in [2.45, 2.75) is 4.90 Å². The standard InChI is InChI=1S/C24H24N2O8S/c1-31-17-10-13-20(21(15-17)32-2)25-35(29,30)18-11-8-16(9-12-18)26-14-6-5-7-19(23(27)33-3)22(26)24(28)34-4/h5-15,25H,1-4H3. The van der Waals surface area contributed by atoms with E-state index in [1.807, 2.05) is 0 Å². The molecular formula is C24H24N2O8S. The number of carbonyl (C=O) groups excluding carboxylic acids is 2. The fourth-order valence-electron chi connectivity index (χ4n) is 3.24. The predicted octanol–water partition coefficient (Wildman–Crippen LogP) is 2.99. The Balaban J connectivity index is 1.97. The number of rotatable bonds is 8. The van der Waals surface area contributed by atoms with Gasteiger partial charge in [-0.1, -0.05) is 6.08 Å². The summed E-state index contributed by atoms with van der Waals surface area (Å²) < 4.78 is 48.5. The Labute approximate surface area is 203 Å². The maximum absolute atomic E-state index is 13.0. The molecule has 0 fully saturated rings. The van der Waals surface area contributed by atoms with Gasteiger partial charge in [0.2, 0.25) is 0 Å². The van der Waals surface area contributed by atoms with E-state index in [9.17, 15) is 18.0 Å². The van der Waals surface area contributed by atoms with Gasteiger partial charge in [-0.05, 0) is 48.6 Å². The highest BCUT2D eigenvalue weighted by molar-refractivity contribution is 7.92. The number of methoxy groups -OCH3 is 4. The summed E-state index contributed by atoms with van der Waals surface area (Å²) in [6.45, 7) is 0. The molecule has 1 heterocycles. The minimum atomic E-state index is -3.98. The fourth-order valence-corrected chi connectivity index (χ4v) is 4.31. The first-order valence-corrected chi connectivity index (χ1v) is 11.6. The maximum Gasteiger partial charge on any atom is 0.355 e. The molecule has 0 unspecified atom stereocenters. The summed E-state index contributed by atoms with van der Waals surface area (Å²) in [5, 5.41) is 0. The summed E-state index contributed by atoms with van der Waals surface area (Å²) in [4.78, 5) is 26.2. The highest BCUT2D eigenvalue weighted by Crippen LogP contribution is 2.32. The number of hydrogen-bond donors (Lipinski definition) is 1. The quantitative estimate of drug-likeness (QED) is 0.545. The van der Waals surface area contributed by atoms with Crippen LogP contribution in [0.25, 0.3) is 0 Å². The second-order valence-corrected chi connectivity index (χ2v) is 8.66. The maximum atomic E-state index is 13.0. The van der Waals surface area contributed by atoms with Crippen molar-refractivity contribution in [3.05, 3.63) is 78.2 Å². The lowest BCUT2D eigenvalue weighted by Gasteiger charge is -2.23. The molecule has 0 aromatic heterocycles. The number of esters is 2. The first-order chi connectivity index (χ1) is 16.7. The second-order valence-electron chi connectivity index (χ2n) is 6.98. The minimum absolute atomic E-state index is 0.0192. The first kappa shape index (κ1) is 25.4. The van der Waals surface area contributed by atoms with Crippen LogP contribution in [0.15, 0.2) is 83.1 Å². The zero-order valence-corrected chi connectivity index (χ0v) is 20.3. The molecule has 10 nitrogen and oxygen atoms in total. The molecule has 0 bridgehead atoms. The number of allylic oxidation sites excluding steroid dienone is 2. The Morgan fingerprint density at radius 1 is 0.857 bits per heavy atom. The van der Waals surface area contributed by atoms with Crippen LogP contribution >= 0.6 is 0 Å². The highest BCUT2D eigenvalue weighted by atomic mass is 32.2. The predicted molar refractivity (Wildman–Crippen MR) is 129 cm³/mol. The van der Waals surface area contributed by atoms with Crippen LogP contribution in [0.4, 0.5) is 11.4 Å². The molecule has 1 aliphatic rings. The Morgan fingerprint density at radius 2 is 1.54 bits per heavy atom. The van der Waals surface area contributed by atoms with Gasteiger partial charge in [-0.3, -0.25) is 4.72 Å². The molecule has 0 amide bonds. The van der Waals surface area contributed by atoms with Gasteiger partial charge in [0.25, 0.3) is 10.0 Å². The minimum Gasteiger partial charge on any atom is -0.497 e. The van der Waals surface area contributed by atoms with E-state index in [2.05, 4.69) is 4.72 Å². The summed E-state index contributed by atoms with van der Waals surface area (Å²) in [5.41, 5.74) is 0.542. The third-order valence-corrected chi connectivity index (χ3v) is 6.35. The van der Waals surface area contributed by atoms with Gasteiger partial charge in [-0.15, -0.1) is 0 Å². The van der Waals surface area contributed by atoms with Gasteiger partial charge in [-0.25, -0.2) is 18.0 Å². The Hall–Kier alpha value is -4.25. The number of carbonyl (C=O) groups is 2. The molecule has 3 rings (SSSR count). The normalized spacial score (nSPS) is 13.2. The molecule has 0 radical (unpaired) electrons. The molecule has 0 saturated heterocycles. The van der Waals surface area contributed by atoms with Crippen LogP contribution in [0.3, 0.4) is 0 Å². The summed E-state index contributed by atoms with van der Waals surface area (Å²) in [7, 11) is 1.32. The molecule has 1 N–H and O–H groups in total. The fraction of sp³-hybridized carbons (Fsp3) is 0.167. The van der Waals surface area contributed by atoms with Gasteiger partial charge >= 0.3 is 11.9 Å². The van der Waals surface area contributed by atoms with Crippen molar-refractivity contribution >= 4 is 33.3 Å². The van der Waals surface area contributed by atoms with Crippen LogP contribution in [0.1, 0.15) is 0 Å². The molecule has 0 atom stereocenters. The number of nitrogens with zero attached hydrogens (tertiary/aromatic N) is 1. The Kier molecular flexibility index (Phi) is 7.82. The average Bonchev–Trinajstić information content (AvgIpc) is 3.11. The third kappa shape index (κ3) is 5.46. The van der Waals surface area contributed by atoms with Gasteiger partial charge in [0.05, 0.1) is 44.6 Å². The number of nitrogens with one attached hydrogen (secondary N) is 1. The Morgan fingerprint density at radius 3 is 2.14 bits per heavy atom. The summed E-state index contributed by atoms with van der Waals surface area (Å²) >= 11 is 0. The van der Waals surface area contributed by atoms with Crippen LogP contribution in [-0.4, -0.2) is 48.8 Å². The third-order valence-electron chi connectivity index (χ3n) is 4.97. The van der Waals surface area contributed by atoms with E-state index in [1.54, 1.807) is 30.5 Å². The van der Waals surface area contributed by atoms with E-state index in [1.165, 1.54) is 69.7 Å². The number of benzene rings is 2. The molecule has 0 spiro atoms. The molecule has 2 aromatic carbocycles. The largest absolute Gasteiger partial charge is 0.497 e. The monoisotopic (exact) mass is 500 g/mol. The Bertz CT molecular complexity index is 1310.